The zero-order valence-corrected chi connectivity index (χ0v) is 12.3. The van der Waals surface area contributed by atoms with Gasteiger partial charge in [0.2, 0.25) is 0 Å². The van der Waals surface area contributed by atoms with E-state index in [1.165, 1.54) is 0 Å². The van der Waals surface area contributed by atoms with Crippen molar-refractivity contribution in [3.05, 3.63) is 59.1 Å². The highest BCUT2D eigenvalue weighted by atomic mass is 35.5. The summed E-state index contributed by atoms with van der Waals surface area (Å²) in [6.07, 6.45) is 0.893. The van der Waals surface area contributed by atoms with E-state index < -0.39 is 0 Å². The van der Waals surface area contributed by atoms with E-state index in [1.807, 2.05) is 36.4 Å². The Morgan fingerprint density at radius 2 is 1.90 bits per heavy atom. The van der Waals surface area contributed by atoms with Crippen LogP contribution in [0.1, 0.15) is 16.8 Å². The molecule has 0 saturated heterocycles. The largest absolute Gasteiger partial charge is 0.491 e. The Kier molecular flexibility index (Phi) is 4.11. The average molecular weight is 302 g/mol. The van der Waals surface area contributed by atoms with Crippen LogP contribution in [0, 0.1) is 0 Å². The van der Waals surface area contributed by atoms with Gasteiger partial charge < -0.3 is 9.64 Å². The fraction of sp³-hybridized carbons (Fsp3) is 0.235. The summed E-state index contributed by atoms with van der Waals surface area (Å²) in [7, 11) is 0. The molecular formula is C17H16ClNO2. The number of hydrogen-bond acceptors (Lipinski definition) is 3. The highest BCUT2D eigenvalue weighted by Gasteiger charge is 2.20. The van der Waals surface area contributed by atoms with Gasteiger partial charge in [-0.1, -0.05) is 35.9 Å². The van der Waals surface area contributed by atoms with Crippen LogP contribution in [0.5, 0.6) is 5.75 Å². The summed E-state index contributed by atoms with van der Waals surface area (Å²) < 4.78 is 5.71. The first-order chi connectivity index (χ1) is 10.3. The van der Waals surface area contributed by atoms with Gasteiger partial charge in [0.15, 0.2) is 5.78 Å². The van der Waals surface area contributed by atoms with Gasteiger partial charge in [-0.15, -0.1) is 0 Å². The minimum atomic E-state index is 0.0253. The van der Waals surface area contributed by atoms with Gasteiger partial charge in [-0.25, -0.2) is 0 Å². The fourth-order valence-electron chi connectivity index (χ4n) is 2.51. The molecule has 0 N–H and O–H groups in total. The summed E-state index contributed by atoms with van der Waals surface area (Å²) in [4.78, 5) is 14.6. The molecular weight excluding hydrogens is 286 g/mol. The normalized spacial score (nSPS) is 14.0. The van der Waals surface area contributed by atoms with Gasteiger partial charge in [-0.3, -0.25) is 4.79 Å². The van der Waals surface area contributed by atoms with Crippen LogP contribution >= 0.6 is 11.6 Å². The average Bonchev–Trinajstić information content (AvgIpc) is 2.70. The molecule has 0 unspecified atom stereocenters. The van der Waals surface area contributed by atoms with Gasteiger partial charge >= 0.3 is 0 Å². The number of ether oxygens (including phenoxy) is 1. The number of Topliss-reactive ketones (excluding diaryl/α,β-unsaturated/α-hetero) is 1. The van der Waals surface area contributed by atoms with E-state index in [2.05, 4.69) is 4.90 Å². The maximum atomic E-state index is 12.5. The van der Waals surface area contributed by atoms with Crippen molar-refractivity contribution in [1.82, 2.24) is 0 Å². The molecule has 0 aliphatic carbocycles. The molecule has 0 spiro atoms. The molecule has 0 fully saturated rings. The van der Waals surface area contributed by atoms with Gasteiger partial charge in [0.1, 0.15) is 5.75 Å². The van der Waals surface area contributed by atoms with Crippen LogP contribution in [0.3, 0.4) is 0 Å². The van der Waals surface area contributed by atoms with Crippen molar-refractivity contribution in [1.29, 1.82) is 0 Å². The molecule has 0 saturated carbocycles. The monoisotopic (exact) mass is 301 g/mol. The number of fused-ring (bicyclic) bond motifs is 1. The molecule has 0 radical (unpaired) electrons. The standard InChI is InChI=1S/C17H16ClNO2/c18-14-7-2-1-6-13(14)16(20)12-19-10-5-11-21-17-9-4-3-8-15(17)19/h1-4,6-9H,5,10-12H2. The van der Waals surface area contributed by atoms with Crippen molar-refractivity contribution in [2.45, 2.75) is 6.42 Å². The van der Waals surface area contributed by atoms with Crippen molar-refractivity contribution in [2.24, 2.45) is 0 Å². The van der Waals surface area contributed by atoms with Crippen LogP contribution in [-0.4, -0.2) is 25.5 Å². The first-order valence-corrected chi connectivity index (χ1v) is 7.38. The summed E-state index contributed by atoms with van der Waals surface area (Å²) in [6, 6.07) is 15.0. The molecule has 2 aromatic rings. The van der Waals surface area contributed by atoms with E-state index in [0.29, 0.717) is 23.7 Å². The number of carbonyl (C=O) groups excluding carboxylic acids is 1. The summed E-state index contributed by atoms with van der Waals surface area (Å²) in [5.41, 5.74) is 1.54. The molecule has 4 heteroatoms. The minimum Gasteiger partial charge on any atom is -0.491 e. The number of nitrogens with zero attached hydrogens (tertiary/aromatic N) is 1. The van der Waals surface area contributed by atoms with Crippen LogP contribution in [0.25, 0.3) is 0 Å². The second-order valence-electron chi connectivity index (χ2n) is 4.99. The number of hydrogen-bond donors (Lipinski definition) is 0. The topological polar surface area (TPSA) is 29.5 Å². The second kappa shape index (κ2) is 6.19. The molecule has 2 aromatic carbocycles. The number of carbonyl (C=O) groups is 1. The van der Waals surface area contributed by atoms with Gasteiger partial charge in [-0.2, -0.15) is 0 Å². The highest BCUT2D eigenvalue weighted by Crippen LogP contribution is 2.30. The Bertz CT molecular complexity index is 657. The maximum Gasteiger partial charge on any atom is 0.183 e. The SMILES string of the molecule is O=C(CN1CCCOc2ccccc21)c1ccccc1Cl. The van der Waals surface area contributed by atoms with E-state index in [4.69, 9.17) is 16.3 Å². The first-order valence-electron chi connectivity index (χ1n) is 7.00. The lowest BCUT2D eigenvalue weighted by atomic mass is 10.1. The van der Waals surface area contributed by atoms with Crippen LogP contribution in [0.2, 0.25) is 5.02 Å². The number of rotatable bonds is 3. The summed E-state index contributed by atoms with van der Waals surface area (Å²) in [5, 5.41) is 0.502. The number of para-hydroxylation sites is 2. The van der Waals surface area contributed by atoms with Crippen molar-refractivity contribution in [3.63, 3.8) is 0 Å². The molecule has 21 heavy (non-hydrogen) atoms. The molecule has 0 amide bonds. The third-order valence-electron chi connectivity index (χ3n) is 3.54. The fourth-order valence-corrected chi connectivity index (χ4v) is 2.75. The molecule has 1 aliphatic rings. The summed E-state index contributed by atoms with van der Waals surface area (Å²) in [6.45, 7) is 1.78. The maximum absolute atomic E-state index is 12.5. The summed E-state index contributed by atoms with van der Waals surface area (Å²) in [5.74, 6) is 0.860. The van der Waals surface area contributed by atoms with E-state index in [1.54, 1.807) is 12.1 Å². The van der Waals surface area contributed by atoms with Crippen molar-refractivity contribution >= 4 is 23.1 Å². The zero-order valence-electron chi connectivity index (χ0n) is 11.6. The van der Waals surface area contributed by atoms with Crippen LogP contribution in [0.15, 0.2) is 48.5 Å². The predicted octanol–water partition coefficient (Wildman–Crippen LogP) is 3.81. The Morgan fingerprint density at radius 3 is 2.76 bits per heavy atom. The summed E-state index contributed by atoms with van der Waals surface area (Å²) >= 11 is 6.11. The van der Waals surface area contributed by atoms with Gasteiger partial charge in [0.25, 0.3) is 0 Å². The van der Waals surface area contributed by atoms with Crippen molar-refractivity contribution in [3.8, 4) is 5.75 Å². The van der Waals surface area contributed by atoms with Crippen LogP contribution in [0.4, 0.5) is 5.69 Å². The van der Waals surface area contributed by atoms with Gasteiger partial charge in [0, 0.05) is 12.1 Å². The molecule has 1 heterocycles. The van der Waals surface area contributed by atoms with Crippen molar-refractivity contribution in [2.75, 3.05) is 24.6 Å². The zero-order chi connectivity index (χ0) is 14.7. The Hall–Kier alpha value is -2.00. The minimum absolute atomic E-state index is 0.0253. The van der Waals surface area contributed by atoms with E-state index in [9.17, 15) is 4.79 Å². The first kappa shape index (κ1) is 14.0. The van der Waals surface area contributed by atoms with Gasteiger partial charge in [-0.05, 0) is 30.7 Å². The van der Waals surface area contributed by atoms with E-state index in [0.717, 1.165) is 24.4 Å². The lowest BCUT2D eigenvalue weighted by molar-refractivity contribution is 0.0999. The van der Waals surface area contributed by atoms with Crippen LogP contribution in [-0.2, 0) is 0 Å². The third kappa shape index (κ3) is 3.03. The number of halogens is 1. The molecule has 3 nitrogen and oxygen atoms in total. The number of anilines is 1. The van der Waals surface area contributed by atoms with Crippen LogP contribution < -0.4 is 9.64 Å². The quantitative estimate of drug-likeness (QED) is 0.807. The lowest BCUT2D eigenvalue weighted by Crippen LogP contribution is -2.30. The molecule has 1 aliphatic heterocycles. The van der Waals surface area contributed by atoms with E-state index >= 15 is 0 Å². The Labute approximate surface area is 129 Å². The third-order valence-corrected chi connectivity index (χ3v) is 3.87. The Balaban J connectivity index is 1.85. The lowest BCUT2D eigenvalue weighted by Gasteiger charge is -2.23. The molecule has 0 bridgehead atoms. The smallest absolute Gasteiger partial charge is 0.183 e. The molecule has 3 rings (SSSR count). The number of benzene rings is 2. The van der Waals surface area contributed by atoms with Crippen molar-refractivity contribution < 1.29 is 9.53 Å². The molecule has 0 aromatic heterocycles. The van der Waals surface area contributed by atoms with Gasteiger partial charge in [0.05, 0.1) is 23.9 Å². The number of ketones is 1. The second-order valence-corrected chi connectivity index (χ2v) is 5.40. The molecule has 0 atom stereocenters. The highest BCUT2D eigenvalue weighted by molar-refractivity contribution is 6.34. The Morgan fingerprint density at radius 1 is 1.14 bits per heavy atom. The predicted molar refractivity (Wildman–Crippen MR) is 84.5 cm³/mol. The molecule has 108 valence electrons. The van der Waals surface area contributed by atoms with E-state index in [-0.39, 0.29) is 5.78 Å².